The van der Waals surface area contributed by atoms with Crippen LogP contribution in [0.25, 0.3) is 10.2 Å². The largest absolute Gasteiger partial charge is 0.360 e. The second-order valence-corrected chi connectivity index (χ2v) is 5.98. The van der Waals surface area contributed by atoms with Crippen molar-refractivity contribution in [2.45, 2.75) is 18.9 Å². The molecule has 2 N–H and O–H groups in total. The second kappa shape index (κ2) is 4.60. The zero-order chi connectivity index (χ0) is 13.5. The third-order valence-electron chi connectivity index (χ3n) is 3.32. The van der Waals surface area contributed by atoms with Crippen LogP contribution in [-0.2, 0) is 0 Å². The summed E-state index contributed by atoms with van der Waals surface area (Å²) in [5.74, 6) is 0.727. The number of hydrogen-bond donors (Lipinski definition) is 2. The van der Waals surface area contributed by atoms with Gasteiger partial charge in [0.05, 0.1) is 23.4 Å². The molecule has 0 amide bonds. The summed E-state index contributed by atoms with van der Waals surface area (Å²) in [5, 5.41) is 18.8. The molecule has 1 saturated heterocycles. The van der Waals surface area contributed by atoms with Gasteiger partial charge in [0.15, 0.2) is 0 Å². The number of hydrogen-bond acceptors (Lipinski definition) is 6. The number of rotatable bonds is 3. The molecule has 0 unspecified atom stereocenters. The first-order valence-electron chi connectivity index (χ1n) is 5.91. The minimum atomic E-state index is -0.242. The first kappa shape index (κ1) is 12.6. The van der Waals surface area contributed by atoms with Gasteiger partial charge in [-0.1, -0.05) is 0 Å². The van der Waals surface area contributed by atoms with E-state index in [0.29, 0.717) is 6.42 Å². The van der Waals surface area contributed by atoms with Gasteiger partial charge in [-0.25, -0.2) is 9.97 Å². The molecule has 0 aliphatic carbocycles. The Kier molecular flexibility index (Phi) is 3.05. The zero-order valence-corrected chi connectivity index (χ0v) is 11.9. The summed E-state index contributed by atoms with van der Waals surface area (Å²) in [5.41, 5.74) is 0.881. The van der Waals surface area contributed by atoms with Gasteiger partial charge < -0.3 is 10.6 Å². The number of aryl methyl sites for hydroxylation is 1. The fraction of sp³-hybridized carbons (Fsp3) is 0.417. The number of thiophene rings is 1. The van der Waals surface area contributed by atoms with E-state index in [-0.39, 0.29) is 10.8 Å². The molecule has 1 fully saturated rings. The smallest absolute Gasteiger partial charge is 0.225 e. The number of halogens is 1. The molecule has 0 radical (unpaired) electrons. The molecule has 2 aromatic heterocycles. The van der Waals surface area contributed by atoms with Crippen LogP contribution in [0.1, 0.15) is 12.0 Å². The lowest BCUT2D eigenvalue weighted by molar-refractivity contribution is 0.315. The Hall–Kier alpha value is -1.42. The van der Waals surface area contributed by atoms with E-state index >= 15 is 0 Å². The quantitative estimate of drug-likeness (QED) is 0.850. The number of nitriles is 1. The highest BCUT2D eigenvalue weighted by Gasteiger charge is 2.37. The Bertz CT molecular complexity index is 671. The maximum Gasteiger partial charge on any atom is 0.225 e. The third kappa shape index (κ3) is 2.14. The van der Waals surface area contributed by atoms with E-state index in [1.807, 2.05) is 12.3 Å². The topological polar surface area (TPSA) is 73.6 Å². The van der Waals surface area contributed by atoms with Crippen LogP contribution < -0.4 is 10.6 Å². The molecule has 5 nitrogen and oxygen atoms in total. The van der Waals surface area contributed by atoms with Gasteiger partial charge in [0, 0.05) is 13.1 Å². The molecule has 98 valence electrons. The van der Waals surface area contributed by atoms with E-state index in [1.54, 1.807) is 11.3 Å². The highest BCUT2D eigenvalue weighted by atomic mass is 35.5. The Balaban J connectivity index is 2.05. The molecule has 0 atom stereocenters. The summed E-state index contributed by atoms with van der Waals surface area (Å²) < 4.78 is 0. The van der Waals surface area contributed by atoms with Crippen molar-refractivity contribution in [3.05, 3.63) is 16.2 Å². The summed E-state index contributed by atoms with van der Waals surface area (Å²) in [6, 6.07) is 2.23. The molecule has 3 heterocycles. The maximum atomic E-state index is 8.95. The Morgan fingerprint density at radius 1 is 1.58 bits per heavy atom. The van der Waals surface area contributed by atoms with Gasteiger partial charge in [-0.3, -0.25) is 0 Å². The molecular weight excluding hydrogens is 282 g/mol. The van der Waals surface area contributed by atoms with E-state index in [2.05, 4.69) is 26.7 Å². The Morgan fingerprint density at radius 2 is 2.37 bits per heavy atom. The molecule has 2 aromatic rings. The number of nitrogens with zero attached hydrogens (tertiary/aromatic N) is 3. The van der Waals surface area contributed by atoms with Gasteiger partial charge in [0.1, 0.15) is 10.6 Å². The Morgan fingerprint density at radius 3 is 3.00 bits per heavy atom. The van der Waals surface area contributed by atoms with Crippen molar-refractivity contribution < 1.29 is 0 Å². The van der Waals surface area contributed by atoms with Gasteiger partial charge in [-0.05, 0) is 29.5 Å². The van der Waals surface area contributed by atoms with E-state index in [9.17, 15) is 0 Å². The first-order valence-corrected chi connectivity index (χ1v) is 7.16. The first-order chi connectivity index (χ1) is 9.13. The molecule has 3 rings (SSSR count). The van der Waals surface area contributed by atoms with Crippen LogP contribution in [0.5, 0.6) is 0 Å². The van der Waals surface area contributed by atoms with E-state index in [1.165, 1.54) is 0 Å². The summed E-state index contributed by atoms with van der Waals surface area (Å²) >= 11 is 7.52. The fourth-order valence-corrected chi connectivity index (χ4v) is 3.38. The van der Waals surface area contributed by atoms with Crippen molar-refractivity contribution >= 4 is 39.0 Å². The standard InChI is InChI=1S/C12H12ClN5S/c1-7-4-19-10-8(7)9(16-11(13)17-10)18-12(2-3-14)5-15-6-12/h4,15H,2,5-6H2,1H3,(H,16,17,18). The lowest BCUT2D eigenvalue weighted by atomic mass is 9.89. The van der Waals surface area contributed by atoms with Crippen molar-refractivity contribution in [3.8, 4) is 6.07 Å². The van der Waals surface area contributed by atoms with Crippen LogP contribution in [-0.4, -0.2) is 28.6 Å². The third-order valence-corrected chi connectivity index (χ3v) is 4.48. The van der Waals surface area contributed by atoms with E-state index in [4.69, 9.17) is 16.9 Å². The fourth-order valence-electron chi connectivity index (χ4n) is 2.24. The average Bonchev–Trinajstić information content (AvgIpc) is 2.68. The lowest BCUT2D eigenvalue weighted by Crippen LogP contribution is -2.64. The van der Waals surface area contributed by atoms with Gasteiger partial charge in [-0.15, -0.1) is 11.3 Å². The predicted molar refractivity (Wildman–Crippen MR) is 76.6 cm³/mol. The monoisotopic (exact) mass is 293 g/mol. The molecule has 1 aliphatic heterocycles. The molecule has 7 heteroatoms. The minimum absolute atomic E-state index is 0.233. The van der Waals surface area contributed by atoms with Crippen LogP contribution in [0.2, 0.25) is 5.28 Å². The predicted octanol–water partition coefficient (Wildman–Crippen LogP) is 2.32. The van der Waals surface area contributed by atoms with Crippen molar-refractivity contribution in [1.82, 2.24) is 15.3 Å². The SMILES string of the molecule is Cc1csc2nc(Cl)nc(NC3(CC#N)CNC3)c12. The molecule has 0 saturated carbocycles. The van der Waals surface area contributed by atoms with Crippen LogP contribution in [0, 0.1) is 18.3 Å². The van der Waals surface area contributed by atoms with Crippen LogP contribution in [0.4, 0.5) is 5.82 Å². The van der Waals surface area contributed by atoms with Crippen LogP contribution in [0.3, 0.4) is 0 Å². The number of fused-ring (bicyclic) bond motifs is 1. The van der Waals surface area contributed by atoms with Gasteiger partial charge in [0.2, 0.25) is 5.28 Å². The van der Waals surface area contributed by atoms with Gasteiger partial charge in [-0.2, -0.15) is 5.26 Å². The average molecular weight is 294 g/mol. The van der Waals surface area contributed by atoms with Crippen molar-refractivity contribution in [2.24, 2.45) is 0 Å². The van der Waals surface area contributed by atoms with Crippen molar-refractivity contribution in [2.75, 3.05) is 18.4 Å². The van der Waals surface area contributed by atoms with Crippen molar-refractivity contribution in [1.29, 1.82) is 5.26 Å². The zero-order valence-electron chi connectivity index (χ0n) is 10.3. The molecule has 0 spiro atoms. The second-order valence-electron chi connectivity index (χ2n) is 4.78. The summed E-state index contributed by atoms with van der Waals surface area (Å²) in [6.07, 6.45) is 0.437. The van der Waals surface area contributed by atoms with Gasteiger partial charge >= 0.3 is 0 Å². The number of aromatic nitrogens is 2. The number of nitrogens with one attached hydrogen (secondary N) is 2. The molecule has 0 aromatic carbocycles. The molecular formula is C12H12ClN5S. The minimum Gasteiger partial charge on any atom is -0.360 e. The normalized spacial score (nSPS) is 16.9. The van der Waals surface area contributed by atoms with Crippen LogP contribution in [0.15, 0.2) is 5.38 Å². The lowest BCUT2D eigenvalue weighted by Gasteiger charge is -2.42. The Labute approximate surface area is 119 Å². The molecule has 0 bridgehead atoms. The summed E-state index contributed by atoms with van der Waals surface area (Å²) in [4.78, 5) is 9.40. The highest BCUT2D eigenvalue weighted by Crippen LogP contribution is 2.33. The highest BCUT2D eigenvalue weighted by molar-refractivity contribution is 7.17. The maximum absolute atomic E-state index is 8.95. The van der Waals surface area contributed by atoms with Crippen molar-refractivity contribution in [3.63, 3.8) is 0 Å². The summed E-state index contributed by atoms with van der Waals surface area (Å²) in [7, 11) is 0. The summed E-state index contributed by atoms with van der Waals surface area (Å²) in [6.45, 7) is 3.54. The molecule has 1 aliphatic rings. The van der Waals surface area contributed by atoms with E-state index < -0.39 is 0 Å². The van der Waals surface area contributed by atoms with Gasteiger partial charge in [0.25, 0.3) is 0 Å². The van der Waals surface area contributed by atoms with E-state index in [0.717, 1.165) is 34.7 Å². The number of anilines is 1. The van der Waals surface area contributed by atoms with Crippen LogP contribution >= 0.6 is 22.9 Å². The molecule has 19 heavy (non-hydrogen) atoms.